The molecule has 1 aromatic carbocycles. The zero-order valence-electron chi connectivity index (χ0n) is 21.0. The summed E-state index contributed by atoms with van der Waals surface area (Å²) in [6.45, 7) is 2.80. The van der Waals surface area contributed by atoms with Gasteiger partial charge in [-0.3, -0.25) is 23.8 Å². The van der Waals surface area contributed by atoms with Crippen LogP contribution in [-0.2, 0) is 28.9 Å². The summed E-state index contributed by atoms with van der Waals surface area (Å²) in [6, 6.07) is 10.7. The van der Waals surface area contributed by atoms with Crippen LogP contribution in [0.25, 0.3) is 5.82 Å². The number of hydrogen-bond acceptors (Lipinski definition) is 6. The Morgan fingerprint density at radius 1 is 1.03 bits per heavy atom. The number of rotatable bonds is 7. The van der Waals surface area contributed by atoms with E-state index >= 15 is 0 Å². The fourth-order valence-electron chi connectivity index (χ4n) is 5.58. The summed E-state index contributed by atoms with van der Waals surface area (Å²) in [5.74, 6) is 0.979. The molecule has 0 radical (unpaired) electrons. The van der Waals surface area contributed by atoms with Crippen molar-refractivity contribution < 1.29 is 9.53 Å². The van der Waals surface area contributed by atoms with E-state index in [1.54, 1.807) is 10.8 Å². The molecule has 190 valence electrons. The zero-order chi connectivity index (χ0) is 24.9. The average molecular weight is 490 g/mol. The molecular weight excluding hydrogens is 454 g/mol. The molecule has 5 rings (SSSR count). The van der Waals surface area contributed by atoms with Crippen molar-refractivity contribution in [1.29, 1.82) is 0 Å². The summed E-state index contributed by atoms with van der Waals surface area (Å²) < 4.78 is 8.24. The van der Waals surface area contributed by atoms with E-state index in [-0.39, 0.29) is 17.7 Å². The number of ether oxygens (including phenoxy) is 1. The molecule has 1 fully saturated rings. The Labute approximate surface area is 211 Å². The first kappa shape index (κ1) is 24.4. The van der Waals surface area contributed by atoms with Crippen molar-refractivity contribution in [3.63, 3.8) is 0 Å². The van der Waals surface area contributed by atoms with Gasteiger partial charge in [0.05, 0.1) is 24.7 Å². The van der Waals surface area contributed by atoms with E-state index in [2.05, 4.69) is 29.2 Å². The van der Waals surface area contributed by atoms with E-state index in [0.717, 1.165) is 76.0 Å². The lowest BCUT2D eigenvalue weighted by atomic mass is 9.83. The Morgan fingerprint density at radius 2 is 1.78 bits per heavy atom. The largest absolute Gasteiger partial charge is 0.469 e. The molecule has 1 saturated carbocycles. The number of hydrogen-bond donors (Lipinski definition) is 0. The lowest BCUT2D eigenvalue weighted by Gasteiger charge is -2.28. The van der Waals surface area contributed by atoms with Crippen LogP contribution in [0.1, 0.15) is 61.5 Å². The molecule has 3 heterocycles. The topological polar surface area (TPSA) is 82.2 Å². The maximum Gasteiger partial charge on any atom is 0.334 e. The fourth-order valence-corrected chi connectivity index (χ4v) is 5.58. The van der Waals surface area contributed by atoms with E-state index in [0.29, 0.717) is 18.2 Å². The van der Waals surface area contributed by atoms with Crippen molar-refractivity contribution in [3.05, 3.63) is 76.4 Å². The molecule has 0 N–H and O–H groups in total. The third kappa shape index (κ3) is 5.59. The number of fused-ring (bicyclic) bond motifs is 1. The van der Waals surface area contributed by atoms with Gasteiger partial charge in [0.25, 0.3) is 0 Å². The van der Waals surface area contributed by atoms with Gasteiger partial charge >= 0.3 is 11.7 Å². The molecule has 0 unspecified atom stereocenters. The second kappa shape index (κ2) is 11.2. The normalized spacial score (nSPS) is 20.5. The smallest absolute Gasteiger partial charge is 0.334 e. The van der Waals surface area contributed by atoms with Gasteiger partial charge in [0, 0.05) is 57.3 Å². The van der Waals surface area contributed by atoms with Gasteiger partial charge in [0.2, 0.25) is 0 Å². The van der Waals surface area contributed by atoms with E-state index in [4.69, 9.17) is 14.7 Å². The zero-order valence-corrected chi connectivity index (χ0v) is 21.0. The van der Waals surface area contributed by atoms with E-state index in [9.17, 15) is 9.59 Å². The molecule has 8 nitrogen and oxygen atoms in total. The highest BCUT2D eigenvalue weighted by Gasteiger charge is 2.25. The molecule has 1 aliphatic carbocycles. The van der Waals surface area contributed by atoms with Crippen molar-refractivity contribution in [3.8, 4) is 5.82 Å². The van der Waals surface area contributed by atoms with Crippen LogP contribution in [-0.4, -0.2) is 50.2 Å². The predicted octanol–water partition coefficient (Wildman–Crippen LogP) is 3.71. The molecule has 0 saturated heterocycles. The first-order valence-corrected chi connectivity index (χ1v) is 13.1. The number of benzene rings is 1. The van der Waals surface area contributed by atoms with Gasteiger partial charge in [-0.1, -0.05) is 30.3 Å². The minimum Gasteiger partial charge on any atom is -0.469 e. The molecule has 1 aliphatic heterocycles. The van der Waals surface area contributed by atoms with E-state index in [1.165, 1.54) is 12.7 Å². The van der Waals surface area contributed by atoms with Crippen LogP contribution >= 0.6 is 0 Å². The lowest BCUT2D eigenvalue weighted by molar-refractivity contribution is -0.141. The summed E-state index contributed by atoms with van der Waals surface area (Å²) in [6.07, 6.45) is 12.4. The number of imidazole rings is 1. The molecule has 0 spiro atoms. The Balaban J connectivity index is 1.23. The van der Waals surface area contributed by atoms with E-state index in [1.807, 2.05) is 23.0 Å². The minimum atomic E-state index is -0.142. The van der Waals surface area contributed by atoms with Crippen LogP contribution < -0.4 is 5.69 Å². The Morgan fingerprint density at radius 3 is 2.53 bits per heavy atom. The van der Waals surface area contributed by atoms with Crippen molar-refractivity contribution in [2.75, 3.05) is 20.2 Å². The Hall–Kier alpha value is -3.26. The van der Waals surface area contributed by atoms with Crippen LogP contribution in [0.5, 0.6) is 0 Å². The lowest BCUT2D eigenvalue weighted by Crippen LogP contribution is -2.29. The Kier molecular flexibility index (Phi) is 7.60. The highest BCUT2D eigenvalue weighted by atomic mass is 16.5. The van der Waals surface area contributed by atoms with Crippen LogP contribution in [0.15, 0.2) is 53.7 Å². The third-order valence-electron chi connectivity index (χ3n) is 7.74. The highest BCUT2D eigenvalue weighted by Crippen LogP contribution is 2.34. The van der Waals surface area contributed by atoms with Crippen molar-refractivity contribution in [2.24, 2.45) is 5.92 Å². The number of methoxy groups -OCH3 is 1. The number of aromatic nitrogens is 4. The summed E-state index contributed by atoms with van der Waals surface area (Å²) in [4.78, 5) is 36.8. The summed E-state index contributed by atoms with van der Waals surface area (Å²) >= 11 is 0. The summed E-state index contributed by atoms with van der Waals surface area (Å²) in [5.41, 5.74) is 3.29. The fraction of sp³-hybridized carbons (Fsp3) is 0.500. The van der Waals surface area contributed by atoms with Crippen molar-refractivity contribution in [2.45, 2.75) is 64.0 Å². The van der Waals surface area contributed by atoms with Gasteiger partial charge < -0.3 is 4.74 Å². The molecule has 2 aliphatic rings. The standard InChI is InChI=1S/C28H35N5O3/c1-36-27(34)12-9-21-7-10-23(11-8-21)32-17-18-33(28(32)35)26-19-29-24-13-15-31(16-14-25(24)30-26)20-22-5-3-2-4-6-22/h2-6,17-19,21,23H,7-16,20H2,1H3. The van der Waals surface area contributed by atoms with Crippen LogP contribution in [0.3, 0.4) is 0 Å². The number of carbonyl (C=O) groups excluding carboxylic acids is 1. The number of esters is 1. The average Bonchev–Trinajstić information content (AvgIpc) is 3.19. The Bertz CT molecular complexity index is 1230. The third-order valence-corrected chi connectivity index (χ3v) is 7.74. The molecule has 0 atom stereocenters. The van der Waals surface area contributed by atoms with E-state index < -0.39 is 0 Å². The maximum atomic E-state index is 13.3. The summed E-state index contributed by atoms with van der Waals surface area (Å²) in [7, 11) is 1.44. The van der Waals surface area contributed by atoms with Gasteiger partial charge in [0.15, 0.2) is 5.82 Å². The van der Waals surface area contributed by atoms with Crippen LogP contribution in [0, 0.1) is 5.92 Å². The summed E-state index contributed by atoms with van der Waals surface area (Å²) in [5, 5.41) is 0. The molecule has 3 aromatic rings. The second-order valence-electron chi connectivity index (χ2n) is 10.0. The van der Waals surface area contributed by atoms with Crippen LogP contribution in [0.2, 0.25) is 0 Å². The molecule has 2 aromatic heterocycles. The van der Waals surface area contributed by atoms with Gasteiger partial charge in [-0.15, -0.1) is 0 Å². The van der Waals surface area contributed by atoms with Gasteiger partial charge in [0.1, 0.15) is 0 Å². The SMILES string of the molecule is COC(=O)CCC1CCC(n2ccn(-c3cnc4c(n3)CCN(Cc3ccccc3)CC4)c2=O)CC1. The monoisotopic (exact) mass is 489 g/mol. The van der Waals surface area contributed by atoms with Crippen molar-refractivity contribution in [1.82, 2.24) is 24.0 Å². The highest BCUT2D eigenvalue weighted by molar-refractivity contribution is 5.69. The molecular formula is C28H35N5O3. The molecule has 8 heteroatoms. The second-order valence-corrected chi connectivity index (χ2v) is 10.0. The van der Waals surface area contributed by atoms with Crippen molar-refractivity contribution >= 4 is 5.97 Å². The predicted molar refractivity (Wildman–Crippen MR) is 137 cm³/mol. The van der Waals surface area contributed by atoms with Gasteiger partial charge in [-0.25, -0.2) is 9.78 Å². The molecule has 0 bridgehead atoms. The molecule has 0 amide bonds. The van der Waals surface area contributed by atoms with Gasteiger partial charge in [-0.05, 0) is 43.6 Å². The maximum absolute atomic E-state index is 13.3. The minimum absolute atomic E-state index is 0.0541. The first-order valence-electron chi connectivity index (χ1n) is 13.1. The molecule has 36 heavy (non-hydrogen) atoms. The number of nitrogens with zero attached hydrogens (tertiary/aromatic N) is 5. The quantitative estimate of drug-likeness (QED) is 0.471. The van der Waals surface area contributed by atoms with Gasteiger partial charge in [-0.2, -0.15) is 0 Å². The first-order chi connectivity index (χ1) is 17.6. The van der Waals surface area contributed by atoms with Crippen LogP contribution in [0.4, 0.5) is 0 Å². The number of carbonyl (C=O) groups is 1.